The van der Waals surface area contributed by atoms with Crippen LogP contribution in [0.2, 0.25) is 0 Å². The number of nitrogens with zero attached hydrogens (tertiary/aromatic N) is 1. The lowest BCUT2D eigenvalue weighted by atomic mass is 10.2. The Balaban J connectivity index is 2.40. The van der Waals surface area contributed by atoms with E-state index in [1.165, 1.54) is 17.0 Å². The first-order valence-electron chi connectivity index (χ1n) is 6.02. The molecule has 1 aliphatic rings. The number of hydrogen-bond donors (Lipinski definition) is 2. The molecule has 21 heavy (non-hydrogen) atoms. The van der Waals surface area contributed by atoms with Crippen LogP contribution in [0.5, 0.6) is 5.75 Å². The predicted octanol–water partition coefficient (Wildman–Crippen LogP) is -0.358. The van der Waals surface area contributed by atoms with E-state index in [-0.39, 0.29) is 17.2 Å². The lowest BCUT2D eigenvalue weighted by Crippen LogP contribution is -2.30. The van der Waals surface area contributed by atoms with Gasteiger partial charge in [-0.25, -0.2) is 18.4 Å². The topological polar surface area (TPSA) is 127 Å². The van der Waals surface area contributed by atoms with Crippen molar-refractivity contribution in [3.8, 4) is 5.75 Å². The Morgan fingerprint density at radius 2 is 2.14 bits per heavy atom. The maximum Gasteiger partial charge on any atom is 0.335 e. The summed E-state index contributed by atoms with van der Waals surface area (Å²) in [5, 5.41) is 14.0. The molecule has 1 atom stereocenters. The Morgan fingerprint density at radius 3 is 2.62 bits per heavy atom. The van der Waals surface area contributed by atoms with Gasteiger partial charge in [0.05, 0.1) is 5.56 Å². The molecule has 0 radical (unpaired) electrons. The molecule has 0 bridgehead atoms. The second-order valence-corrected chi connectivity index (χ2v) is 6.20. The molecule has 1 aromatic rings. The number of rotatable bonds is 4. The number of likely N-dealkylation sites (N-methyl/N-ethyl adjacent to an activating group) is 1. The van der Waals surface area contributed by atoms with Crippen molar-refractivity contribution in [2.24, 2.45) is 5.14 Å². The molecule has 1 fully saturated rings. The summed E-state index contributed by atoms with van der Waals surface area (Å²) in [6.45, 7) is 0.501. The molecule has 8 nitrogen and oxygen atoms in total. The number of nitrogens with two attached hydrogens (primary N) is 1. The summed E-state index contributed by atoms with van der Waals surface area (Å²) < 4.78 is 28.5. The molecule has 1 aromatic carbocycles. The molecule has 1 amide bonds. The fourth-order valence-electron chi connectivity index (χ4n) is 2.01. The number of amides is 1. The standard InChI is InChI=1S/C12H14N2O6S/c1-14-5-4-9(11(14)15)20-8-3-2-7(12(16)17)6-10(8)21(13,18)19/h2-3,6,9H,4-5H2,1H3,(H,16,17)(H2,13,18,19). The van der Waals surface area contributed by atoms with E-state index in [2.05, 4.69) is 0 Å². The molecular weight excluding hydrogens is 300 g/mol. The van der Waals surface area contributed by atoms with E-state index in [1.807, 2.05) is 0 Å². The Morgan fingerprint density at radius 1 is 1.48 bits per heavy atom. The smallest absolute Gasteiger partial charge is 0.335 e. The highest BCUT2D eigenvalue weighted by Crippen LogP contribution is 2.27. The van der Waals surface area contributed by atoms with Crippen molar-refractivity contribution in [2.75, 3.05) is 13.6 Å². The first-order valence-corrected chi connectivity index (χ1v) is 7.56. The van der Waals surface area contributed by atoms with Crippen molar-refractivity contribution >= 4 is 21.9 Å². The van der Waals surface area contributed by atoms with Gasteiger partial charge in [0.1, 0.15) is 10.6 Å². The Kier molecular flexibility index (Phi) is 3.88. The van der Waals surface area contributed by atoms with Gasteiger partial charge in [0.25, 0.3) is 5.91 Å². The van der Waals surface area contributed by atoms with Crippen LogP contribution >= 0.6 is 0 Å². The highest BCUT2D eigenvalue weighted by molar-refractivity contribution is 7.89. The van der Waals surface area contributed by atoms with Crippen LogP contribution in [0.4, 0.5) is 0 Å². The molecule has 1 aliphatic heterocycles. The molecule has 2 rings (SSSR count). The van der Waals surface area contributed by atoms with Gasteiger partial charge in [0.2, 0.25) is 10.0 Å². The molecule has 1 unspecified atom stereocenters. The maximum atomic E-state index is 11.8. The van der Waals surface area contributed by atoms with E-state index in [1.54, 1.807) is 7.05 Å². The second-order valence-electron chi connectivity index (χ2n) is 4.67. The normalized spacial score (nSPS) is 18.9. The monoisotopic (exact) mass is 314 g/mol. The highest BCUT2D eigenvalue weighted by Gasteiger charge is 2.32. The number of carboxylic acid groups (broad SMARTS) is 1. The van der Waals surface area contributed by atoms with E-state index in [0.717, 1.165) is 6.07 Å². The molecule has 0 spiro atoms. The molecule has 0 aliphatic carbocycles. The van der Waals surface area contributed by atoms with Gasteiger partial charge < -0.3 is 14.7 Å². The van der Waals surface area contributed by atoms with E-state index >= 15 is 0 Å². The number of sulfonamides is 1. The minimum Gasteiger partial charge on any atom is -0.479 e. The second kappa shape index (κ2) is 5.34. The van der Waals surface area contributed by atoms with Gasteiger partial charge in [-0.15, -0.1) is 0 Å². The first-order chi connectivity index (χ1) is 9.70. The SMILES string of the molecule is CN1CCC(Oc2ccc(C(=O)O)cc2S(N)(=O)=O)C1=O. The average Bonchev–Trinajstić information content (AvgIpc) is 2.69. The van der Waals surface area contributed by atoms with Crippen LogP contribution in [0.1, 0.15) is 16.8 Å². The van der Waals surface area contributed by atoms with Crippen molar-refractivity contribution in [3.63, 3.8) is 0 Å². The summed E-state index contributed by atoms with van der Waals surface area (Å²) in [6.07, 6.45) is -0.383. The average molecular weight is 314 g/mol. The first kappa shape index (κ1) is 15.3. The van der Waals surface area contributed by atoms with Crippen LogP contribution in [-0.2, 0) is 14.8 Å². The molecule has 1 saturated heterocycles. The molecule has 0 aromatic heterocycles. The lowest BCUT2D eigenvalue weighted by Gasteiger charge is -2.15. The predicted molar refractivity (Wildman–Crippen MR) is 71.4 cm³/mol. The molecule has 3 N–H and O–H groups in total. The molecular formula is C12H14N2O6S. The summed E-state index contributed by atoms with van der Waals surface area (Å²) in [5.74, 6) is -1.68. The Labute approximate surface area is 121 Å². The lowest BCUT2D eigenvalue weighted by molar-refractivity contribution is -0.132. The zero-order chi connectivity index (χ0) is 15.8. The minimum absolute atomic E-state index is 0.129. The number of hydrogen-bond acceptors (Lipinski definition) is 5. The number of benzene rings is 1. The van der Waals surface area contributed by atoms with Crippen molar-refractivity contribution in [3.05, 3.63) is 23.8 Å². The van der Waals surface area contributed by atoms with Gasteiger partial charge in [0, 0.05) is 20.0 Å². The zero-order valence-corrected chi connectivity index (χ0v) is 12.0. The fraction of sp³-hybridized carbons (Fsp3) is 0.333. The maximum absolute atomic E-state index is 11.8. The summed E-state index contributed by atoms with van der Waals surface area (Å²) in [4.78, 5) is 23.7. The summed E-state index contributed by atoms with van der Waals surface area (Å²) in [7, 11) is -2.56. The number of likely N-dealkylation sites (tertiary alicyclic amines) is 1. The van der Waals surface area contributed by atoms with Gasteiger partial charge in [-0.1, -0.05) is 0 Å². The van der Waals surface area contributed by atoms with Crippen LogP contribution in [0.25, 0.3) is 0 Å². The van der Waals surface area contributed by atoms with Gasteiger partial charge in [0.15, 0.2) is 6.10 Å². The molecule has 1 heterocycles. The van der Waals surface area contributed by atoms with E-state index in [9.17, 15) is 18.0 Å². The van der Waals surface area contributed by atoms with Crippen LogP contribution in [-0.4, -0.2) is 50.0 Å². The Bertz CT molecular complexity index is 700. The summed E-state index contributed by atoms with van der Waals surface area (Å²) >= 11 is 0. The van der Waals surface area contributed by atoms with E-state index in [0.29, 0.717) is 13.0 Å². The number of ether oxygens (including phenoxy) is 1. The van der Waals surface area contributed by atoms with E-state index < -0.39 is 27.0 Å². The highest BCUT2D eigenvalue weighted by atomic mass is 32.2. The largest absolute Gasteiger partial charge is 0.479 e. The number of primary sulfonamides is 1. The van der Waals surface area contributed by atoms with Crippen molar-refractivity contribution < 1.29 is 27.9 Å². The number of carbonyl (C=O) groups is 2. The minimum atomic E-state index is -4.18. The van der Waals surface area contributed by atoms with Gasteiger partial charge >= 0.3 is 5.97 Å². The molecule has 114 valence electrons. The van der Waals surface area contributed by atoms with E-state index in [4.69, 9.17) is 15.0 Å². The van der Waals surface area contributed by atoms with Gasteiger partial charge in [-0.05, 0) is 18.2 Å². The van der Waals surface area contributed by atoms with Crippen LogP contribution in [0, 0.1) is 0 Å². The van der Waals surface area contributed by atoms with Gasteiger partial charge in [-0.3, -0.25) is 4.79 Å². The Hall–Kier alpha value is -2.13. The zero-order valence-electron chi connectivity index (χ0n) is 11.1. The third-order valence-corrected chi connectivity index (χ3v) is 4.08. The third kappa shape index (κ3) is 3.14. The van der Waals surface area contributed by atoms with Gasteiger partial charge in [-0.2, -0.15) is 0 Å². The molecule has 0 saturated carbocycles. The van der Waals surface area contributed by atoms with Crippen LogP contribution in [0.3, 0.4) is 0 Å². The summed E-state index contributed by atoms with van der Waals surface area (Å²) in [5.41, 5.74) is -0.235. The molecule has 9 heteroatoms. The third-order valence-electron chi connectivity index (χ3n) is 3.14. The van der Waals surface area contributed by atoms with Crippen LogP contribution in [0.15, 0.2) is 23.1 Å². The van der Waals surface area contributed by atoms with Crippen molar-refractivity contribution in [2.45, 2.75) is 17.4 Å². The quantitative estimate of drug-likeness (QED) is 0.781. The van der Waals surface area contributed by atoms with Crippen molar-refractivity contribution in [1.29, 1.82) is 0 Å². The number of aromatic carboxylic acids is 1. The summed E-state index contributed by atoms with van der Waals surface area (Å²) in [6, 6.07) is 3.29. The number of carboxylic acids is 1. The number of carbonyl (C=O) groups excluding carboxylic acids is 1. The fourth-order valence-corrected chi connectivity index (χ4v) is 2.70. The van der Waals surface area contributed by atoms with Crippen LogP contribution < -0.4 is 9.88 Å². The van der Waals surface area contributed by atoms with Crippen molar-refractivity contribution in [1.82, 2.24) is 4.90 Å².